The summed E-state index contributed by atoms with van der Waals surface area (Å²) in [7, 11) is 4.28. The van der Waals surface area contributed by atoms with E-state index in [0.717, 1.165) is 46.4 Å². The Morgan fingerprint density at radius 3 is 1.95 bits per heavy atom. The van der Waals surface area contributed by atoms with Crippen LogP contribution in [0.3, 0.4) is 0 Å². The molecule has 1 aromatic heterocycles. The van der Waals surface area contributed by atoms with Crippen LogP contribution in [-0.2, 0) is 41.5 Å². The van der Waals surface area contributed by atoms with E-state index in [4.69, 9.17) is 10.8 Å². The molecule has 43 heavy (non-hydrogen) atoms. The first-order chi connectivity index (χ1) is 20.5. The van der Waals surface area contributed by atoms with E-state index in [9.17, 15) is 19.5 Å². The molecular formula is C33H41N3O7. The van der Waals surface area contributed by atoms with Crippen LogP contribution in [-0.4, -0.2) is 64.9 Å². The Labute approximate surface area is 252 Å². The van der Waals surface area contributed by atoms with E-state index in [1.807, 2.05) is 18.5 Å². The molecule has 4 N–H and O–H groups in total. The number of methoxy groups -OCH3 is 2. The van der Waals surface area contributed by atoms with E-state index in [-0.39, 0.29) is 11.1 Å². The molecule has 1 unspecified atom stereocenters. The predicted molar refractivity (Wildman–Crippen MR) is 160 cm³/mol. The maximum absolute atomic E-state index is 11.1. The van der Waals surface area contributed by atoms with Gasteiger partial charge in [0.25, 0.3) is 0 Å². The lowest BCUT2D eigenvalue weighted by Crippen LogP contribution is -2.51. The molecule has 1 atom stereocenters. The van der Waals surface area contributed by atoms with E-state index in [0.29, 0.717) is 0 Å². The highest BCUT2D eigenvalue weighted by Crippen LogP contribution is 2.47. The largest absolute Gasteiger partial charge is 0.481 e. The van der Waals surface area contributed by atoms with E-state index in [1.54, 1.807) is 0 Å². The summed E-state index contributed by atoms with van der Waals surface area (Å²) in [6.07, 6.45) is 6.15. The summed E-state index contributed by atoms with van der Waals surface area (Å²) in [5, 5.41) is 18.1. The van der Waals surface area contributed by atoms with Gasteiger partial charge in [-0.2, -0.15) is 0 Å². The Kier molecular flexibility index (Phi) is 11.5. The first-order valence-electron chi connectivity index (χ1n) is 14.1. The molecule has 1 aliphatic rings. The van der Waals surface area contributed by atoms with Crippen LogP contribution in [0.15, 0.2) is 85.2 Å². The maximum atomic E-state index is 11.1. The molecule has 4 rings (SSSR count). The van der Waals surface area contributed by atoms with Gasteiger partial charge in [-0.05, 0) is 55.5 Å². The molecule has 1 saturated carbocycles. The number of carboxylic acids is 1. The third kappa shape index (κ3) is 8.47. The number of hydrogen-bond donors (Lipinski definition) is 3. The number of hydrogen-bond acceptors (Lipinski definition) is 9. The van der Waals surface area contributed by atoms with Crippen molar-refractivity contribution < 1.29 is 34.1 Å². The summed E-state index contributed by atoms with van der Waals surface area (Å²) in [4.78, 5) is 39.1. The van der Waals surface area contributed by atoms with Crippen LogP contribution < -0.4 is 5.73 Å². The number of benzene rings is 2. The molecule has 2 aromatic carbocycles. The van der Waals surface area contributed by atoms with Gasteiger partial charge in [-0.3, -0.25) is 19.5 Å². The Morgan fingerprint density at radius 1 is 0.884 bits per heavy atom. The molecule has 0 saturated heterocycles. The molecule has 3 aromatic rings. The molecule has 10 nitrogen and oxygen atoms in total. The van der Waals surface area contributed by atoms with Gasteiger partial charge in [-0.1, -0.05) is 66.7 Å². The number of carbonyl (C=O) groups is 3. The summed E-state index contributed by atoms with van der Waals surface area (Å²) in [5.41, 5.74) is 8.16. The van der Waals surface area contributed by atoms with Crippen LogP contribution in [0.2, 0.25) is 0 Å². The maximum Gasteiger partial charge on any atom is 0.339 e. The van der Waals surface area contributed by atoms with Gasteiger partial charge in [0.1, 0.15) is 0 Å². The molecule has 0 amide bonds. The fraction of sp³-hybridized carbons (Fsp3) is 0.394. The molecule has 0 aliphatic heterocycles. The van der Waals surface area contributed by atoms with E-state index in [2.05, 4.69) is 93.1 Å². The lowest BCUT2D eigenvalue weighted by Gasteiger charge is -2.50. The number of pyridine rings is 1. The minimum absolute atomic E-state index is 0.00521. The molecule has 1 aliphatic carbocycles. The van der Waals surface area contributed by atoms with Gasteiger partial charge in [0.2, 0.25) is 0 Å². The molecule has 230 valence electrons. The summed E-state index contributed by atoms with van der Waals surface area (Å²) in [6, 6.07) is 25.7. The number of carbonyl (C=O) groups excluding carboxylic acids is 2. The van der Waals surface area contributed by atoms with Gasteiger partial charge in [0.15, 0.2) is 5.60 Å². The average Bonchev–Trinajstić information content (AvgIpc) is 3.02. The number of aliphatic hydroxyl groups is 1. The summed E-state index contributed by atoms with van der Waals surface area (Å²) in [5.74, 6) is -3.51. The van der Waals surface area contributed by atoms with Gasteiger partial charge in [-0.15, -0.1) is 0 Å². The van der Waals surface area contributed by atoms with E-state index >= 15 is 0 Å². The lowest BCUT2D eigenvalue weighted by atomic mass is 9.66. The van der Waals surface area contributed by atoms with Gasteiger partial charge in [0.05, 0.1) is 27.1 Å². The predicted octanol–water partition coefficient (Wildman–Crippen LogP) is 3.77. The second-order valence-corrected chi connectivity index (χ2v) is 11.0. The molecule has 10 heteroatoms. The lowest BCUT2D eigenvalue weighted by molar-refractivity contribution is -0.173. The third-order valence-corrected chi connectivity index (χ3v) is 8.18. The average molecular weight is 592 g/mol. The second-order valence-electron chi connectivity index (χ2n) is 11.0. The van der Waals surface area contributed by atoms with Gasteiger partial charge < -0.3 is 25.4 Å². The van der Waals surface area contributed by atoms with Gasteiger partial charge in [0, 0.05) is 30.0 Å². The Morgan fingerprint density at radius 2 is 1.47 bits per heavy atom. The van der Waals surface area contributed by atoms with Gasteiger partial charge >= 0.3 is 17.9 Å². The highest BCUT2D eigenvalue weighted by Gasteiger charge is 2.45. The molecule has 0 spiro atoms. The number of esters is 2. The van der Waals surface area contributed by atoms with E-state index in [1.165, 1.54) is 16.7 Å². The van der Waals surface area contributed by atoms with E-state index < -0.39 is 36.4 Å². The SMILES string of the molecule is CN(Cc1cccnc1)C1(c2ccccc2)CCC(N)(c2ccccc2)CC1.COC(=O)CC(O)(CC(=O)O)C(=O)OC. The third-order valence-electron chi connectivity index (χ3n) is 8.18. The highest BCUT2D eigenvalue weighted by atomic mass is 16.5. The normalized spacial score (nSPS) is 21.1. The fourth-order valence-electron chi connectivity index (χ4n) is 5.68. The Hall–Kier alpha value is -4.12. The number of carboxylic acid groups (broad SMARTS) is 1. The first-order valence-corrected chi connectivity index (χ1v) is 14.1. The molecule has 0 bridgehead atoms. The van der Waals surface area contributed by atoms with Crippen molar-refractivity contribution in [3.8, 4) is 0 Å². The Balaban J connectivity index is 0.000000289. The molecular weight excluding hydrogens is 550 g/mol. The van der Waals surface area contributed by atoms with Crippen LogP contribution in [0, 0.1) is 0 Å². The monoisotopic (exact) mass is 591 g/mol. The quantitative estimate of drug-likeness (QED) is 0.297. The Bertz CT molecular complexity index is 1330. The van der Waals surface area contributed by atoms with Crippen molar-refractivity contribution in [1.82, 2.24) is 9.88 Å². The minimum atomic E-state index is -2.38. The van der Waals surface area contributed by atoms with Crippen LogP contribution >= 0.6 is 0 Å². The van der Waals surface area contributed by atoms with Crippen LogP contribution in [0.5, 0.6) is 0 Å². The second kappa shape index (κ2) is 14.9. The first kappa shape index (κ1) is 33.4. The van der Waals surface area contributed by atoms with Crippen LogP contribution in [0.25, 0.3) is 0 Å². The van der Waals surface area contributed by atoms with Crippen molar-refractivity contribution in [2.45, 2.75) is 61.7 Å². The zero-order chi connectivity index (χ0) is 31.5. The van der Waals surface area contributed by atoms with Crippen molar-refractivity contribution in [3.05, 3.63) is 102 Å². The van der Waals surface area contributed by atoms with Gasteiger partial charge in [-0.25, -0.2) is 4.79 Å². The molecule has 0 radical (unpaired) electrons. The summed E-state index contributed by atoms with van der Waals surface area (Å²) < 4.78 is 8.42. The summed E-state index contributed by atoms with van der Waals surface area (Å²) in [6.45, 7) is 0.881. The fourth-order valence-corrected chi connectivity index (χ4v) is 5.68. The number of rotatable bonds is 10. The zero-order valence-electron chi connectivity index (χ0n) is 24.9. The van der Waals surface area contributed by atoms with Crippen LogP contribution in [0.4, 0.5) is 0 Å². The smallest absolute Gasteiger partial charge is 0.339 e. The molecule has 1 fully saturated rings. The topological polar surface area (TPSA) is 152 Å². The number of nitrogens with zero attached hydrogens (tertiary/aromatic N) is 2. The number of ether oxygens (including phenoxy) is 2. The number of aromatic nitrogens is 1. The summed E-state index contributed by atoms with van der Waals surface area (Å²) >= 11 is 0. The highest BCUT2D eigenvalue weighted by molar-refractivity contribution is 5.89. The molecule has 1 heterocycles. The van der Waals surface area contributed by atoms with Crippen molar-refractivity contribution in [2.75, 3.05) is 21.3 Å². The zero-order valence-corrected chi connectivity index (χ0v) is 24.9. The van der Waals surface area contributed by atoms with Crippen LogP contribution in [0.1, 0.15) is 55.2 Å². The minimum Gasteiger partial charge on any atom is -0.481 e. The standard InChI is InChI=1S/C25H29N3.C8H12O7/c1-28(20-21-9-8-18-27-19-21)25(23-12-6-3-7-13-23)16-14-24(26,15-17-25)22-10-4-2-5-11-22;1-14-6(11)4-8(13,3-5(9)10)7(12)15-2/h2-13,18-19H,14-17,20,26H2,1H3;13H,3-4H2,1-2H3,(H,9,10). The van der Waals surface area contributed by atoms with Crippen molar-refractivity contribution in [1.29, 1.82) is 0 Å². The van der Waals surface area contributed by atoms with Crippen molar-refractivity contribution in [3.63, 3.8) is 0 Å². The number of nitrogens with two attached hydrogens (primary N) is 1. The van der Waals surface area contributed by atoms with Crippen molar-refractivity contribution in [2.24, 2.45) is 5.73 Å². The van der Waals surface area contributed by atoms with Crippen molar-refractivity contribution >= 4 is 17.9 Å². The number of aliphatic carboxylic acids is 1.